The van der Waals surface area contributed by atoms with Crippen LogP contribution in [0.5, 0.6) is 0 Å². The normalized spacial score (nSPS) is 20.3. The third kappa shape index (κ3) is 4.65. The van der Waals surface area contributed by atoms with E-state index >= 15 is 0 Å². The molecule has 0 bridgehead atoms. The molecule has 0 N–H and O–H groups in total. The molecule has 0 aromatic heterocycles. The summed E-state index contributed by atoms with van der Waals surface area (Å²) in [7, 11) is 0. The van der Waals surface area contributed by atoms with Gasteiger partial charge >= 0.3 is 0 Å². The molecule has 3 rings (SSSR count). The van der Waals surface area contributed by atoms with E-state index in [1.165, 1.54) is 0 Å². The van der Waals surface area contributed by atoms with Crippen LogP contribution in [-0.4, -0.2) is 19.5 Å². The maximum absolute atomic E-state index is 13.4. The number of hydrogen-bond acceptors (Lipinski definition) is 2. The highest BCUT2D eigenvalue weighted by Gasteiger charge is 2.21. The van der Waals surface area contributed by atoms with Crippen molar-refractivity contribution in [2.24, 2.45) is 5.92 Å². The van der Waals surface area contributed by atoms with Gasteiger partial charge in [0.25, 0.3) is 0 Å². The zero-order valence-corrected chi connectivity index (χ0v) is 14.8. The van der Waals surface area contributed by atoms with E-state index in [0.717, 1.165) is 56.6 Å². The molecular weight excluding hydrogens is 341 g/mol. The lowest BCUT2D eigenvalue weighted by molar-refractivity contribution is -0.203. The zero-order valence-electron chi connectivity index (χ0n) is 14.8. The first-order valence-corrected chi connectivity index (χ1v) is 9.04. The van der Waals surface area contributed by atoms with Crippen LogP contribution in [0.25, 0.3) is 11.1 Å². The number of benzene rings is 2. The molecule has 2 nitrogen and oxygen atoms in total. The van der Waals surface area contributed by atoms with Gasteiger partial charge in [-0.2, -0.15) is 0 Å². The molecule has 1 heterocycles. The van der Waals surface area contributed by atoms with Gasteiger partial charge in [0.15, 0.2) is 23.7 Å². The molecule has 1 aliphatic rings. The highest BCUT2D eigenvalue weighted by atomic mass is 19.2. The topological polar surface area (TPSA) is 18.5 Å². The molecule has 0 unspecified atom stereocenters. The van der Waals surface area contributed by atoms with E-state index in [9.17, 15) is 13.2 Å². The predicted octanol–water partition coefficient (Wildman–Crippen LogP) is 5.49. The minimum absolute atomic E-state index is 0.178. The zero-order chi connectivity index (χ0) is 18.5. The first kappa shape index (κ1) is 18.9. The molecular formula is C21H23F3O2. The number of rotatable bonds is 6. The lowest BCUT2D eigenvalue weighted by Crippen LogP contribution is -2.32. The molecule has 140 valence electrons. The lowest BCUT2D eigenvalue weighted by atomic mass is 10.0. The van der Waals surface area contributed by atoms with Crippen molar-refractivity contribution >= 4 is 0 Å². The Hall–Kier alpha value is -1.85. The Labute approximate surface area is 151 Å². The van der Waals surface area contributed by atoms with Crippen molar-refractivity contribution in [2.75, 3.05) is 13.2 Å². The lowest BCUT2D eigenvalue weighted by Gasteiger charge is -2.29. The fraction of sp³-hybridized carbons (Fsp3) is 0.429. The Kier molecular flexibility index (Phi) is 6.33. The fourth-order valence-corrected chi connectivity index (χ4v) is 3.20. The number of aryl methyl sites for hydroxylation is 1. The van der Waals surface area contributed by atoms with Gasteiger partial charge in [0.1, 0.15) is 0 Å². The van der Waals surface area contributed by atoms with Crippen LogP contribution in [0.15, 0.2) is 36.4 Å². The van der Waals surface area contributed by atoms with Crippen molar-refractivity contribution in [2.45, 2.75) is 38.9 Å². The molecule has 0 spiro atoms. The first-order valence-electron chi connectivity index (χ1n) is 9.04. The first-order chi connectivity index (χ1) is 12.6. The molecule has 0 aliphatic carbocycles. The van der Waals surface area contributed by atoms with E-state index < -0.39 is 17.5 Å². The molecule has 2 aromatic rings. The summed E-state index contributed by atoms with van der Waals surface area (Å²) in [6.45, 7) is 3.66. The average Bonchev–Trinajstić information content (AvgIpc) is 2.66. The van der Waals surface area contributed by atoms with Gasteiger partial charge in [0, 0.05) is 12.3 Å². The van der Waals surface area contributed by atoms with Gasteiger partial charge in [-0.3, -0.25) is 0 Å². The molecule has 26 heavy (non-hydrogen) atoms. The Morgan fingerprint density at radius 3 is 2.08 bits per heavy atom. The molecule has 1 saturated heterocycles. The Balaban J connectivity index is 1.55. The molecule has 1 aliphatic heterocycles. The smallest absolute Gasteiger partial charge is 0.194 e. The summed E-state index contributed by atoms with van der Waals surface area (Å²) in [5.74, 6) is -3.32. The average molecular weight is 364 g/mol. The quantitative estimate of drug-likeness (QED) is 0.631. The minimum atomic E-state index is -1.45. The van der Waals surface area contributed by atoms with Crippen LogP contribution in [0.1, 0.15) is 31.7 Å². The van der Waals surface area contributed by atoms with Gasteiger partial charge < -0.3 is 9.47 Å². The molecule has 0 radical (unpaired) electrons. The summed E-state index contributed by atoms with van der Waals surface area (Å²) in [4.78, 5) is 0. The highest BCUT2D eigenvalue weighted by Crippen LogP contribution is 2.25. The van der Waals surface area contributed by atoms with E-state index in [2.05, 4.69) is 6.92 Å². The maximum atomic E-state index is 13.4. The van der Waals surface area contributed by atoms with Crippen LogP contribution in [0.3, 0.4) is 0 Å². The van der Waals surface area contributed by atoms with Crippen molar-refractivity contribution in [1.29, 1.82) is 0 Å². The Morgan fingerprint density at radius 2 is 1.50 bits per heavy atom. The molecule has 0 atom stereocenters. The van der Waals surface area contributed by atoms with Crippen LogP contribution in [-0.2, 0) is 15.9 Å². The van der Waals surface area contributed by atoms with Gasteiger partial charge in [-0.25, -0.2) is 13.2 Å². The van der Waals surface area contributed by atoms with Crippen molar-refractivity contribution in [1.82, 2.24) is 0 Å². The van der Waals surface area contributed by atoms with Crippen LogP contribution in [0, 0.1) is 23.4 Å². The van der Waals surface area contributed by atoms with E-state index in [4.69, 9.17) is 9.47 Å². The standard InChI is InChI=1S/C21H23F3O2/c1-2-3-15-12-25-20(26-13-15)9-6-14-4-7-16(8-5-14)17-10-18(22)21(24)19(23)11-17/h4-5,7-8,10-11,15,20H,2-3,6,9,12-13H2,1H3. The molecule has 0 amide bonds. The Morgan fingerprint density at radius 1 is 0.885 bits per heavy atom. The van der Waals surface area contributed by atoms with Crippen molar-refractivity contribution < 1.29 is 22.6 Å². The van der Waals surface area contributed by atoms with Crippen molar-refractivity contribution in [3.05, 3.63) is 59.4 Å². The van der Waals surface area contributed by atoms with Crippen LogP contribution in [0.4, 0.5) is 13.2 Å². The summed E-state index contributed by atoms with van der Waals surface area (Å²) in [6.07, 6.45) is 3.63. The molecule has 0 saturated carbocycles. The largest absolute Gasteiger partial charge is 0.352 e. The second kappa shape index (κ2) is 8.69. The number of hydrogen-bond donors (Lipinski definition) is 0. The molecule has 5 heteroatoms. The second-order valence-electron chi connectivity index (χ2n) is 6.74. The summed E-state index contributed by atoms with van der Waals surface area (Å²) < 4.78 is 51.3. The van der Waals surface area contributed by atoms with E-state index in [1.807, 2.05) is 12.1 Å². The summed E-state index contributed by atoms with van der Waals surface area (Å²) in [6, 6.07) is 9.37. The molecule has 1 fully saturated rings. The Bertz CT molecular complexity index is 700. The van der Waals surface area contributed by atoms with Crippen molar-refractivity contribution in [3.63, 3.8) is 0 Å². The van der Waals surface area contributed by atoms with Gasteiger partial charge in [-0.15, -0.1) is 0 Å². The fourth-order valence-electron chi connectivity index (χ4n) is 3.20. The van der Waals surface area contributed by atoms with E-state index in [-0.39, 0.29) is 6.29 Å². The van der Waals surface area contributed by atoms with Gasteiger partial charge in [0.05, 0.1) is 13.2 Å². The summed E-state index contributed by atoms with van der Waals surface area (Å²) in [5.41, 5.74) is 2.03. The van der Waals surface area contributed by atoms with Crippen LogP contribution < -0.4 is 0 Å². The third-order valence-corrected chi connectivity index (χ3v) is 4.67. The highest BCUT2D eigenvalue weighted by molar-refractivity contribution is 5.63. The maximum Gasteiger partial charge on any atom is 0.194 e. The predicted molar refractivity (Wildman–Crippen MR) is 94.2 cm³/mol. The third-order valence-electron chi connectivity index (χ3n) is 4.67. The molecule has 2 aromatic carbocycles. The van der Waals surface area contributed by atoms with Gasteiger partial charge in [-0.1, -0.05) is 37.6 Å². The number of ether oxygens (including phenoxy) is 2. The SMILES string of the molecule is CCCC1COC(CCc2ccc(-c3cc(F)c(F)c(F)c3)cc2)OC1. The van der Waals surface area contributed by atoms with Gasteiger partial charge in [-0.05, 0) is 41.7 Å². The van der Waals surface area contributed by atoms with Gasteiger partial charge in [0.2, 0.25) is 0 Å². The monoisotopic (exact) mass is 364 g/mol. The summed E-state index contributed by atoms with van der Waals surface area (Å²) >= 11 is 0. The summed E-state index contributed by atoms with van der Waals surface area (Å²) in [5, 5.41) is 0. The minimum Gasteiger partial charge on any atom is -0.352 e. The second-order valence-corrected chi connectivity index (χ2v) is 6.74. The van der Waals surface area contributed by atoms with E-state index in [0.29, 0.717) is 17.0 Å². The van der Waals surface area contributed by atoms with E-state index in [1.54, 1.807) is 12.1 Å². The number of halogens is 3. The van der Waals surface area contributed by atoms with Crippen LogP contribution in [0.2, 0.25) is 0 Å². The van der Waals surface area contributed by atoms with Crippen molar-refractivity contribution in [3.8, 4) is 11.1 Å². The van der Waals surface area contributed by atoms with Crippen LogP contribution >= 0.6 is 0 Å².